The fourth-order valence-electron chi connectivity index (χ4n) is 2.60. The summed E-state index contributed by atoms with van der Waals surface area (Å²) in [6.45, 7) is 9.05. The van der Waals surface area contributed by atoms with Crippen molar-refractivity contribution in [2.45, 2.75) is 46.1 Å². The number of carboxylic acids is 1. The van der Waals surface area contributed by atoms with Gasteiger partial charge in [-0.05, 0) is 23.8 Å². The Labute approximate surface area is 102 Å². The molecule has 0 bridgehead atoms. The van der Waals surface area contributed by atoms with Crippen LogP contribution in [0.2, 0.25) is 0 Å². The lowest BCUT2D eigenvalue weighted by molar-refractivity contribution is -0.141. The van der Waals surface area contributed by atoms with Crippen molar-refractivity contribution in [1.82, 2.24) is 9.78 Å². The first kappa shape index (κ1) is 12.1. The summed E-state index contributed by atoms with van der Waals surface area (Å²) in [4.78, 5) is 11.5. The molecule has 0 radical (unpaired) electrons. The van der Waals surface area contributed by atoms with E-state index >= 15 is 0 Å². The van der Waals surface area contributed by atoms with Crippen LogP contribution in [0.5, 0.6) is 0 Å². The van der Waals surface area contributed by atoms with Crippen LogP contribution in [0.3, 0.4) is 0 Å². The summed E-state index contributed by atoms with van der Waals surface area (Å²) in [7, 11) is 0. The van der Waals surface area contributed by atoms with Crippen LogP contribution < -0.4 is 0 Å². The molecule has 0 aliphatic heterocycles. The number of aromatic nitrogens is 2. The average Bonchev–Trinajstić information content (AvgIpc) is 2.55. The molecule has 1 saturated carbocycles. The van der Waals surface area contributed by atoms with E-state index in [1.54, 1.807) is 0 Å². The molecular weight excluding hydrogens is 216 g/mol. The Bertz CT molecular complexity index is 448. The van der Waals surface area contributed by atoms with Crippen molar-refractivity contribution < 1.29 is 9.90 Å². The lowest BCUT2D eigenvalue weighted by Crippen LogP contribution is -2.26. The molecule has 1 N–H and O–H groups in total. The molecule has 0 aromatic carbocycles. The molecule has 1 unspecified atom stereocenters. The zero-order chi connectivity index (χ0) is 12.8. The van der Waals surface area contributed by atoms with Crippen LogP contribution in [0, 0.1) is 11.3 Å². The van der Waals surface area contributed by atoms with Gasteiger partial charge in [-0.25, -0.2) is 0 Å². The largest absolute Gasteiger partial charge is 0.481 e. The van der Waals surface area contributed by atoms with Gasteiger partial charge in [-0.15, -0.1) is 0 Å². The number of hydrogen-bond donors (Lipinski definition) is 1. The molecule has 2 rings (SSSR count). The van der Waals surface area contributed by atoms with Crippen molar-refractivity contribution in [3.05, 3.63) is 18.0 Å². The highest BCUT2D eigenvalue weighted by atomic mass is 16.4. The van der Waals surface area contributed by atoms with Crippen LogP contribution in [0.1, 0.15) is 39.8 Å². The molecule has 0 amide bonds. The molecule has 4 nitrogen and oxygen atoms in total. The predicted molar refractivity (Wildman–Crippen MR) is 64.8 cm³/mol. The fourth-order valence-corrected chi connectivity index (χ4v) is 2.60. The van der Waals surface area contributed by atoms with E-state index in [1.807, 2.05) is 30.8 Å². The number of nitrogens with zero attached hydrogens (tertiary/aromatic N) is 2. The van der Waals surface area contributed by atoms with E-state index < -0.39 is 11.4 Å². The van der Waals surface area contributed by atoms with Gasteiger partial charge >= 0.3 is 5.97 Å². The Hall–Kier alpha value is -1.32. The minimum atomic E-state index is -0.769. The van der Waals surface area contributed by atoms with E-state index in [2.05, 4.69) is 18.9 Å². The van der Waals surface area contributed by atoms with Crippen LogP contribution >= 0.6 is 0 Å². The Morgan fingerprint density at radius 2 is 2.18 bits per heavy atom. The maximum Gasteiger partial charge on any atom is 0.316 e. The van der Waals surface area contributed by atoms with Gasteiger partial charge in [0.2, 0.25) is 0 Å². The Morgan fingerprint density at radius 1 is 1.59 bits per heavy atom. The van der Waals surface area contributed by atoms with E-state index in [1.165, 1.54) is 0 Å². The van der Waals surface area contributed by atoms with Gasteiger partial charge in [-0.1, -0.05) is 27.7 Å². The van der Waals surface area contributed by atoms with E-state index in [0.29, 0.717) is 18.0 Å². The molecular formula is C13H20N2O2. The van der Waals surface area contributed by atoms with E-state index in [4.69, 9.17) is 0 Å². The standard InChI is InChI=1S/C13H20N2O2/c1-9(2)7-15-6-5-10(14-15)13(11(16)17)8-12(13,3)4/h5-6,9H,7-8H2,1-4H3,(H,16,17). The minimum absolute atomic E-state index is 0.185. The molecule has 0 spiro atoms. The molecule has 17 heavy (non-hydrogen) atoms. The maximum absolute atomic E-state index is 11.5. The van der Waals surface area contributed by atoms with Gasteiger partial charge in [0.15, 0.2) is 0 Å². The Kier molecular flexibility index (Phi) is 2.56. The van der Waals surface area contributed by atoms with Gasteiger partial charge < -0.3 is 5.11 Å². The first-order valence-corrected chi connectivity index (χ1v) is 6.07. The summed E-state index contributed by atoms with van der Waals surface area (Å²) < 4.78 is 1.85. The zero-order valence-corrected chi connectivity index (χ0v) is 10.9. The lowest BCUT2D eigenvalue weighted by Gasteiger charge is -2.13. The Balaban J connectivity index is 2.28. The van der Waals surface area contributed by atoms with Crippen LogP contribution in [0.15, 0.2) is 12.3 Å². The van der Waals surface area contributed by atoms with Gasteiger partial charge in [-0.3, -0.25) is 9.48 Å². The maximum atomic E-state index is 11.5. The van der Waals surface area contributed by atoms with E-state index in [-0.39, 0.29) is 5.41 Å². The van der Waals surface area contributed by atoms with Crippen molar-refractivity contribution in [1.29, 1.82) is 0 Å². The van der Waals surface area contributed by atoms with Crippen LogP contribution in [0.4, 0.5) is 0 Å². The fraction of sp³-hybridized carbons (Fsp3) is 0.692. The number of hydrogen-bond acceptors (Lipinski definition) is 2. The van der Waals surface area contributed by atoms with Crippen LogP contribution in [-0.4, -0.2) is 20.9 Å². The first-order valence-electron chi connectivity index (χ1n) is 6.07. The van der Waals surface area contributed by atoms with Crippen molar-refractivity contribution in [2.75, 3.05) is 0 Å². The molecule has 1 aliphatic rings. The second kappa shape index (κ2) is 3.59. The normalized spacial score (nSPS) is 26.2. The van der Waals surface area contributed by atoms with Crippen LogP contribution in [0.25, 0.3) is 0 Å². The van der Waals surface area contributed by atoms with Gasteiger partial charge in [0.1, 0.15) is 5.41 Å². The quantitative estimate of drug-likeness (QED) is 0.872. The molecule has 1 fully saturated rings. The molecule has 1 aliphatic carbocycles. The first-order chi connectivity index (χ1) is 7.79. The highest BCUT2D eigenvalue weighted by molar-refractivity contribution is 5.86. The third-order valence-electron chi connectivity index (χ3n) is 3.73. The second-order valence-electron chi connectivity index (χ2n) is 6.09. The minimum Gasteiger partial charge on any atom is -0.481 e. The third kappa shape index (κ3) is 1.75. The van der Waals surface area contributed by atoms with Gasteiger partial charge in [0.05, 0.1) is 5.69 Å². The van der Waals surface area contributed by atoms with E-state index in [0.717, 1.165) is 6.54 Å². The van der Waals surface area contributed by atoms with Gasteiger partial charge in [0, 0.05) is 12.7 Å². The third-order valence-corrected chi connectivity index (χ3v) is 3.73. The average molecular weight is 236 g/mol. The Morgan fingerprint density at radius 3 is 2.59 bits per heavy atom. The predicted octanol–water partition coefficient (Wildman–Crippen LogP) is 2.29. The summed E-state index contributed by atoms with van der Waals surface area (Å²) in [6.07, 6.45) is 2.56. The summed E-state index contributed by atoms with van der Waals surface area (Å²) in [5.74, 6) is -0.243. The lowest BCUT2D eigenvalue weighted by atomic mass is 9.93. The monoisotopic (exact) mass is 236 g/mol. The highest BCUT2D eigenvalue weighted by Crippen LogP contribution is 2.63. The van der Waals surface area contributed by atoms with Gasteiger partial charge in [0.25, 0.3) is 0 Å². The molecule has 94 valence electrons. The molecule has 1 aromatic rings. The topological polar surface area (TPSA) is 55.1 Å². The number of carboxylic acid groups (broad SMARTS) is 1. The molecule has 4 heteroatoms. The second-order valence-corrected chi connectivity index (χ2v) is 6.09. The summed E-state index contributed by atoms with van der Waals surface area (Å²) in [5.41, 5.74) is -0.249. The summed E-state index contributed by atoms with van der Waals surface area (Å²) >= 11 is 0. The van der Waals surface area contributed by atoms with E-state index in [9.17, 15) is 9.90 Å². The summed E-state index contributed by atoms with van der Waals surface area (Å²) in [6, 6.07) is 1.85. The van der Waals surface area contributed by atoms with Crippen molar-refractivity contribution in [2.24, 2.45) is 11.3 Å². The van der Waals surface area contributed by atoms with Crippen molar-refractivity contribution >= 4 is 5.97 Å². The number of rotatable bonds is 4. The van der Waals surface area contributed by atoms with Crippen LogP contribution in [-0.2, 0) is 16.8 Å². The summed E-state index contributed by atoms with van der Waals surface area (Å²) in [5, 5.41) is 13.9. The molecule has 1 aromatic heterocycles. The molecule has 1 heterocycles. The zero-order valence-electron chi connectivity index (χ0n) is 10.9. The number of carbonyl (C=O) groups is 1. The highest BCUT2D eigenvalue weighted by Gasteiger charge is 2.69. The molecule has 1 atom stereocenters. The number of aliphatic carboxylic acids is 1. The molecule has 0 saturated heterocycles. The van der Waals surface area contributed by atoms with Gasteiger partial charge in [-0.2, -0.15) is 5.10 Å². The van der Waals surface area contributed by atoms with Crippen molar-refractivity contribution in [3.8, 4) is 0 Å². The SMILES string of the molecule is CC(C)Cn1ccc(C2(C(=O)O)CC2(C)C)n1. The smallest absolute Gasteiger partial charge is 0.316 e. The van der Waals surface area contributed by atoms with Crippen molar-refractivity contribution in [3.63, 3.8) is 0 Å².